The summed E-state index contributed by atoms with van der Waals surface area (Å²) in [6, 6.07) is 21.7. The van der Waals surface area contributed by atoms with Gasteiger partial charge in [0.1, 0.15) is 11.5 Å². The van der Waals surface area contributed by atoms with Gasteiger partial charge in [0.15, 0.2) is 6.61 Å². The van der Waals surface area contributed by atoms with E-state index in [0.717, 1.165) is 6.42 Å². The van der Waals surface area contributed by atoms with Crippen molar-refractivity contribution in [1.29, 1.82) is 0 Å². The second kappa shape index (κ2) is 11.4. The summed E-state index contributed by atoms with van der Waals surface area (Å²) in [7, 11) is 0. The number of rotatable bonds is 8. The van der Waals surface area contributed by atoms with Crippen molar-refractivity contribution in [3.8, 4) is 11.5 Å². The fraction of sp³-hybridized carbons (Fsp3) is 0.130. The van der Waals surface area contributed by atoms with Crippen molar-refractivity contribution in [3.05, 3.63) is 93.4 Å². The van der Waals surface area contributed by atoms with E-state index in [0.29, 0.717) is 33.2 Å². The fourth-order valence-corrected chi connectivity index (χ4v) is 3.43. The Kier molecular flexibility index (Phi) is 8.32. The first-order chi connectivity index (χ1) is 15.0. The average Bonchev–Trinajstić information content (AvgIpc) is 2.78. The second-order valence-corrected chi connectivity index (χ2v) is 7.77. The molecule has 0 aromatic heterocycles. The summed E-state index contributed by atoms with van der Waals surface area (Å²) in [4.78, 5) is 24.3. The monoisotopic (exact) mass is 502 g/mol. The summed E-state index contributed by atoms with van der Waals surface area (Å²) in [5, 5.41) is 0.544. The van der Waals surface area contributed by atoms with Gasteiger partial charge in [-0.25, -0.2) is 0 Å². The molecule has 31 heavy (non-hydrogen) atoms. The predicted molar refractivity (Wildman–Crippen MR) is 122 cm³/mol. The van der Waals surface area contributed by atoms with Gasteiger partial charge in [0.2, 0.25) is 0 Å². The van der Waals surface area contributed by atoms with E-state index in [1.54, 1.807) is 42.5 Å². The quantitative estimate of drug-likeness (QED) is 0.442. The molecule has 0 aliphatic heterocycles. The van der Waals surface area contributed by atoms with Crippen LogP contribution in [0.3, 0.4) is 0 Å². The van der Waals surface area contributed by atoms with E-state index >= 15 is 0 Å². The lowest BCUT2D eigenvalue weighted by Gasteiger charge is -2.11. The smallest absolute Gasteiger partial charge is 0.276 e. The van der Waals surface area contributed by atoms with Crippen molar-refractivity contribution in [2.24, 2.45) is 0 Å². The highest BCUT2D eigenvalue weighted by atomic mass is 79.9. The molecule has 6 nitrogen and oxygen atoms in total. The first-order valence-electron chi connectivity index (χ1n) is 9.45. The average molecular weight is 504 g/mol. The molecule has 3 aromatic carbocycles. The van der Waals surface area contributed by atoms with Gasteiger partial charge in [0.25, 0.3) is 11.8 Å². The molecule has 0 bridgehead atoms. The third kappa shape index (κ3) is 7.31. The standard InChI is InChI=1S/C23H20BrClN2O4/c24-20-14-18(25)9-10-21(20)31-15-22(28)26-27-23(29)17-7-4-8-19(13-17)30-12-11-16-5-2-1-3-6-16/h1-10,13-14H,11-12,15H2,(H,26,28)(H,27,29). The molecule has 8 heteroatoms. The number of hydrogen-bond donors (Lipinski definition) is 2. The van der Waals surface area contributed by atoms with Crippen molar-refractivity contribution in [3.63, 3.8) is 0 Å². The number of benzene rings is 3. The maximum atomic E-state index is 12.3. The summed E-state index contributed by atoms with van der Waals surface area (Å²) >= 11 is 9.17. The number of hydrazine groups is 1. The van der Waals surface area contributed by atoms with E-state index in [4.69, 9.17) is 21.1 Å². The minimum Gasteiger partial charge on any atom is -0.493 e. The molecule has 0 saturated carbocycles. The topological polar surface area (TPSA) is 76.7 Å². The Morgan fingerprint density at radius 2 is 1.71 bits per heavy atom. The number of carbonyl (C=O) groups is 2. The van der Waals surface area contributed by atoms with Crippen LogP contribution in [-0.2, 0) is 11.2 Å². The lowest BCUT2D eigenvalue weighted by molar-refractivity contribution is -0.123. The van der Waals surface area contributed by atoms with Crippen molar-refractivity contribution in [2.75, 3.05) is 13.2 Å². The zero-order valence-electron chi connectivity index (χ0n) is 16.4. The zero-order valence-corrected chi connectivity index (χ0v) is 18.8. The molecule has 3 aromatic rings. The van der Waals surface area contributed by atoms with Gasteiger partial charge in [-0.1, -0.05) is 48.0 Å². The minimum absolute atomic E-state index is 0.275. The van der Waals surface area contributed by atoms with E-state index in [9.17, 15) is 9.59 Å². The van der Waals surface area contributed by atoms with Gasteiger partial charge in [-0.15, -0.1) is 0 Å². The Hall–Kier alpha value is -3.03. The maximum Gasteiger partial charge on any atom is 0.276 e. The van der Waals surface area contributed by atoms with Gasteiger partial charge in [-0.3, -0.25) is 20.4 Å². The number of ether oxygens (including phenoxy) is 2. The zero-order chi connectivity index (χ0) is 22.1. The van der Waals surface area contributed by atoms with E-state index in [2.05, 4.69) is 26.8 Å². The van der Waals surface area contributed by atoms with Crippen LogP contribution < -0.4 is 20.3 Å². The third-order valence-electron chi connectivity index (χ3n) is 4.17. The van der Waals surface area contributed by atoms with Gasteiger partial charge in [0, 0.05) is 17.0 Å². The van der Waals surface area contributed by atoms with Crippen molar-refractivity contribution in [2.45, 2.75) is 6.42 Å². The van der Waals surface area contributed by atoms with Crippen LogP contribution in [0.2, 0.25) is 5.02 Å². The highest BCUT2D eigenvalue weighted by Crippen LogP contribution is 2.27. The van der Waals surface area contributed by atoms with Gasteiger partial charge in [-0.2, -0.15) is 0 Å². The summed E-state index contributed by atoms with van der Waals surface area (Å²) in [6.07, 6.45) is 0.761. The van der Waals surface area contributed by atoms with Crippen LogP contribution in [0.25, 0.3) is 0 Å². The number of halogens is 2. The number of amides is 2. The van der Waals surface area contributed by atoms with Gasteiger partial charge in [-0.05, 0) is 57.9 Å². The molecule has 0 atom stereocenters. The Balaban J connectivity index is 1.44. The molecule has 3 rings (SSSR count). The molecule has 0 aliphatic rings. The molecular weight excluding hydrogens is 484 g/mol. The molecule has 2 amide bonds. The maximum absolute atomic E-state index is 12.3. The molecule has 0 aliphatic carbocycles. The van der Waals surface area contributed by atoms with Gasteiger partial charge >= 0.3 is 0 Å². The van der Waals surface area contributed by atoms with Crippen LogP contribution >= 0.6 is 27.5 Å². The Labute approximate surface area is 193 Å². The molecular formula is C23H20BrClN2O4. The molecule has 2 N–H and O–H groups in total. The lowest BCUT2D eigenvalue weighted by atomic mass is 10.2. The number of nitrogens with one attached hydrogen (secondary N) is 2. The molecule has 0 heterocycles. The molecule has 0 saturated heterocycles. The SMILES string of the molecule is O=C(COc1ccc(Cl)cc1Br)NNC(=O)c1cccc(OCCc2ccccc2)c1. The summed E-state index contributed by atoms with van der Waals surface area (Å²) in [6.45, 7) is 0.215. The largest absolute Gasteiger partial charge is 0.493 e. The molecule has 0 unspecified atom stereocenters. The van der Waals surface area contributed by atoms with Crippen LogP contribution in [0.5, 0.6) is 11.5 Å². The normalized spacial score (nSPS) is 10.3. The molecule has 0 fully saturated rings. The lowest BCUT2D eigenvalue weighted by Crippen LogP contribution is -2.43. The summed E-state index contributed by atoms with van der Waals surface area (Å²) in [5.74, 6) is 0.0667. The van der Waals surface area contributed by atoms with Crippen LogP contribution in [-0.4, -0.2) is 25.0 Å². The van der Waals surface area contributed by atoms with Crippen molar-refractivity contribution < 1.29 is 19.1 Å². The predicted octanol–water partition coefficient (Wildman–Crippen LogP) is 4.56. The van der Waals surface area contributed by atoms with Crippen LogP contribution in [0.1, 0.15) is 15.9 Å². The Morgan fingerprint density at radius 3 is 2.48 bits per heavy atom. The van der Waals surface area contributed by atoms with Crippen molar-refractivity contribution >= 4 is 39.3 Å². The van der Waals surface area contributed by atoms with E-state index < -0.39 is 11.8 Å². The van der Waals surface area contributed by atoms with Crippen LogP contribution in [0, 0.1) is 0 Å². The summed E-state index contributed by atoms with van der Waals surface area (Å²) in [5.41, 5.74) is 6.21. The fourth-order valence-electron chi connectivity index (χ4n) is 2.63. The highest BCUT2D eigenvalue weighted by Gasteiger charge is 2.10. The Morgan fingerprint density at radius 1 is 0.903 bits per heavy atom. The van der Waals surface area contributed by atoms with Gasteiger partial charge in [0.05, 0.1) is 11.1 Å². The first-order valence-corrected chi connectivity index (χ1v) is 10.6. The van der Waals surface area contributed by atoms with E-state index in [1.165, 1.54) is 5.56 Å². The minimum atomic E-state index is -0.509. The summed E-state index contributed by atoms with van der Waals surface area (Å²) < 4.78 is 11.8. The van der Waals surface area contributed by atoms with Gasteiger partial charge < -0.3 is 9.47 Å². The first kappa shape index (κ1) is 22.7. The third-order valence-corrected chi connectivity index (χ3v) is 5.02. The van der Waals surface area contributed by atoms with E-state index in [-0.39, 0.29) is 6.61 Å². The number of hydrogen-bond acceptors (Lipinski definition) is 4. The Bertz CT molecular complexity index is 1050. The van der Waals surface area contributed by atoms with E-state index in [1.807, 2.05) is 30.3 Å². The second-order valence-electron chi connectivity index (χ2n) is 6.48. The van der Waals surface area contributed by atoms with Crippen LogP contribution in [0.15, 0.2) is 77.3 Å². The highest BCUT2D eigenvalue weighted by molar-refractivity contribution is 9.10. The van der Waals surface area contributed by atoms with Crippen molar-refractivity contribution in [1.82, 2.24) is 10.9 Å². The molecule has 0 spiro atoms. The van der Waals surface area contributed by atoms with Crippen LogP contribution in [0.4, 0.5) is 0 Å². The molecule has 0 radical (unpaired) electrons. The molecule has 160 valence electrons. The number of carbonyl (C=O) groups excluding carboxylic acids is 2.